The number of nitrogens with zero attached hydrogens (tertiary/aromatic N) is 4. The number of amides is 1. The molecule has 5 nitrogen and oxygen atoms in total. The first-order valence-electron chi connectivity index (χ1n) is 7.36. The molecule has 1 aliphatic heterocycles. The van der Waals surface area contributed by atoms with Crippen LogP contribution in [0.5, 0.6) is 0 Å². The summed E-state index contributed by atoms with van der Waals surface area (Å²) in [4.78, 5) is 24.5. The monoisotopic (exact) mass is 350 g/mol. The maximum atomic E-state index is 12.4. The van der Waals surface area contributed by atoms with Crippen molar-refractivity contribution in [2.75, 3.05) is 31.1 Å². The molecule has 0 N–H and O–H groups in total. The summed E-state index contributed by atoms with van der Waals surface area (Å²) in [5.41, 5.74) is 0.976. The first-order valence-corrected chi connectivity index (χ1v) is 8.12. The number of benzene rings is 1. The Morgan fingerprint density at radius 3 is 2.39 bits per heavy atom. The maximum absolute atomic E-state index is 12.4. The molecule has 0 saturated carbocycles. The molecule has 7 heteroatoms. The van der Waals surface area contributed by atoms with E-state index in [0.717, 1.165) is 24.5 Å². The van der Waals surface area contributed by atoms with Gasteiger partial charge in [-0.3, -0.25) is 4.79 Å². The van der Waals surface area contributed by atoms with Crippen molar-refractivity contribution in [3.8, 4) is 0 Å². The minimum absolute atomic E-state index is 0.132. The van der Waals surface area contributed by atoms with Gasteiger partial charge in [0.15, 0.2) is 0 Å². The van der Waals surface area contributed by atoms with Crippen LogP contribution >= 0.6 is 23.2 Å². The minimum atomic E-state index is 0.132. The van der Waals surface area contributed by atoms with E-state index in [9.17, 15) is 4.79 Å². The van der Waals surface area contributed by atoms with Crippen LogP contribution < -0.4 is 4.90 Å². The molecule has 23 heavy (non-hydrogen) atoms. The van der Waals surface area contributed by atoms with Gasteiger partial charge in [0, 0.05) is 37.3 Å². The van der Waals surface area contributed by atoms with Crippen LogP contribution in [0.25, 0.3) is 0 Å². The van der Waals surface area contributed by atoms with E-state index in [1.54, 1.807) is 18.2 Å². The minimum Gasteiger partial charge on any atom is -0.353 e. The van der Waals surface area contributed by atoms with Gasteiger partial charge < -0.3 is 9.80 Å². The SMILES string of the molecule is O=C(Cc1ccc(Cl)cc1)N1CCN(c2cc(Cl)ncn2)CC1. The quantitative estimate of drug-likeness (QED) is 0.798. The fourth-order valence-corrected chi connectivity index (χ4v) is 2.84. The van der Waals surface area contributed by atoms with E-state index in [1.807, 2.05) is 17.0 Å². The molecule has 0 aliphatic carbocycles. The number of piperazine rings is 1. The van der Waals surface area contributed by atoms with Gasteiger partial charge in [0.1, 0.15) is 17.3 Å². The molecule has 1 fully saturated rings. The van der Waals surface area contributed by atoms with Crippen molar-refractivity contribution in [2.24, 2.45) is 0 Å². The van der Waals surface area contributed by atoms with Crippen LogP contribution in [0.3, 0.4) is 0 Å². The number of hydrogen-bond donors (Lipinski definition) is 0. The Bertz CT molecular complexity index is 685. The van der Waals surface area contributed by atoms with E-state index in [1.165, 1.54) is 6.33 Å². The molecule has 1 amide bonds. The summed E-state index contributed by atoms with van der Waals surface area (Å²) in [5, 5.41) is 1.11. The van der Waals surface area contributed by atoms with Crippen molar-refractivity contribution >= 4 is 34.9 Å². The molecule has 120 valence electrons. The van der Waals surface area contributed by atoms with Gasteiger partial charge in [0.05, 0.1) is 6.42 Å². The number of aromatic nitrogens is 2. The number of carbonyl (C=O) groups excluding carboxylic acids is 1. The largest absolute Gasteiger partial charge is 0.353 e. The lowest BCUT2D eigenvalue weighted by molar-refractivity contribution is -0.130. The fraction of sp³-hybridized carbons (Fsp3) is 0.312. The molecule has 1 aromatic carbocycles. The summed E-state index contributed by atoms with van der Waals surface area (Å²) in [5.74, 6) is 0.933. The Balaban J connectivity index is 1.56. The Kier molecular flexibility index (Phi) is 4.98. The predicted octanol–water partition coefficient (Wildman–Crippen LogP) is 2.67. The van der Waals surface area contributed by atoms with E-state index in [2.05, 4.69) is 14.9 Å². The van der Waals surface area contributed by atoms with Crippen molar-refractivity contribution in [2.45, 2.75) is 6.42 Å². The number of rotatable bonds is 3. The molecule has 0 radical (unpaired) electrons. The molecule has 1 saturated heterocycles. The summed E-state index contributed by atoms with van der Waals surface area (Å²) in [6.45, 7) is 2.82. The standard InChI is InChI=1S/C16H16Cl2N4O/c17-13-3-1-12(2-4-13)9-16(23)22-7-5-21(6-8-22)15-10-14(18)19-11-20-15/h1-4,10-11H,5-9H2. The topological polar surface area (TPSA) is 49.3 Å². The van der Waals surface area contributed by atoms with Gasteiger partial charge in [0.25, 0.3) is 0 Å². The number of halogens is 2. The highest BCUT2D eigenvalue weighted by molar-refractivity contribution is 6.30. The zero-order valence-corrected chi connectivity index (χ0v) is 14.0. The Morgan fingerprint density at radius 2 is 1.74 bits per heavy atom. The molecular weight excluding hydrogens is 335 g/mol. The third-order valence-corrected chi connectivity index (χ3v) is 4.30. The second-order valence-corrected chi connectivity index (χ2v) is 6.19. The van der Waals surface area contributed by atoms with E-state index >= 15 is 0 Å². The lowest BCUT2D eigenvalue weighted by Gasteiger charge is -2.35. The molecule has 1 aliphatic rings. The van der Waals surface area contributed by atoms with Crippen LogP contribution in [-0.2, 0) is 11.2 Å². The van der Waals surface area contributed by atoms with Gasteiger partial charge in [-0.1, -0.05) is 35.3 Å². The third kappa shape index (κ3) is 4.12. The van der Waals surface area contributed by atoms with E-state index in [0.29, 0.717) is 29.7 Å². The van der Waals surface area contributed by atoms with Gasteiger partial charge in [-0.05, 0) is 17.7 Å². The highest BCUT2D eigenvalue weighted by Gasteiger charge is 2.22. The lowest BCUT2D eigenvalue weighted by atomic mass is 10.1. The van der Waals surface area contributed by atoms with Gasteiger partial charge in [0.2, 0.25) is 5.91 Å². The fourth-order valence-electron chi connectivity index (χ4n) is 2.57. The van der Waals surface area contributed by atoms with Crippen LogP contribution in [0.1, 0.15) is 5.56 Å². The zero-order valence-electron chi connectivity index (χ0n) is 12.5. The summed E-state index contributed by atoms with van der Waals surface area (Å²) in [6.07, 6.45) is 1.85. The maximum Gasteiger partial charge on any atom is 0.227 e. The number of hydrogen-bond acceptors (Lipinski definition) is 4. The van der Waals surface area contributed by atoms with Crippen molar-refractivity contribution in [1.82, 2.24) is 14.9 Å². The van der Waals surface area contributed by atoms with Crippen molar-refractivity contribution in [3.05, 3.63) is 52.4 Å². The molecule has 2 aromatic rings. The summed E-state index contributed by atoms with van der Waals surface area (Å²) >= 11 is 11.8. The lowest BCUT2D eigenvalue weighted by Crippen LogP contribution is -2.49. The number of carbonyl (C=O) groups is 1. The molecule has 3 rings (SSSR count). The zero-order chi connectivity index (χ0) is 16.2. The van der Waals surface area contributed by atoms with E-state index < -0.39 is 0 Å². The average Bonchev–Trinajstić information content (AvgIpc) is 2.57. The van der Waals surface area contributed by atoms with Crippen LogP contribution in [-0.4, -0.2) is 47.0 Å². The summed E-state index contributed by atoms with van der Waals surface area (Å²) in [6, 6.07) is 9.13. The van der Waals surface area contributed by atoms with Gasteiger partial charge in [-0.25, -0.2) is 9.97 Å². The first-order chi connectivity index (χ1) is 11.1. The molecule has 0 unspecified atom stereocenters. The normalized spacial score (nSPS) is 14.9. The second kappa shape index (κ2) is 7.15. The Labute approximate surface area is 144 Å². The predicted molar refractivity (Wildman–Crippen MR) is 91.0 cm³/mol. The van der Waals surface area contributed by atoms with Crippen LogP contribution in [0, 0.1) is 0 Å². The van der Waals surface area contributed by atoms with Gasteiger partial charge in [-0.2, -0.15) is 0 Å². The van der Waals surface area contributed by atoms with Crippen LogP contribution in [0.4, 0.5) is 5.82 Å². The molecule has 0 bridgehead atoms. The summed E-state index contributed by atoms with van der Waals surface area (Å²) < 4.78 is 0. The second-order valence-electron chi connectivity index (χ2n) is 5.37. The molecule has 2 heterocycles. The highest BCUT2D eigenvalue weighted by Crippen LogP contribution is 2.17. The van der Waals surface area contributed by atoms with E-state index in [-0.39, 0.29) is 5.91 Å². The molecular formula is C16H16Cl2N4O. The van der Waals surface area contributed by atoms with Crippen LogP contribution in [0.2, 0.25) is 10.2 Å². The smallest absolute Gasteiger partial charge is 0.227 e. The van der Waals surface area contributed by atoms with Crippen LogP contribution in [0.15, 0.2) is 36.7 Å². The van der Waals surface area contributed by atoms with Gasteiger partial charge in [-0.15, -0.1) is 0 Å². The van der Waals surface area contributed by atoms with Crippen molar-refractivity contribution in [1.29, 1.82) is 0 Å². The van der Waals surface area contributed by atoms with E-state index in [4.69, 9.17) is 23.2 Å². The van der Waals surface area contributed by atoms with Crippen molar-refractivity contribution < 1.29 is 4.79 Å². The number of anilines is 1. The average molecular weight is 351 g/mol. The van der Waals surface area contributed by atoms with Crippen molar-refractivity contribution in [3.63, 3.8) is 0 Å². The molecule has 0 atom stereocenters. The highest BCUT2D eigenvalue weighted by atomic mass is 35.5. The molecule has 1 aromatic heterocycles. The van der Waals surface area contributed by atoms with Gasteiger partial charge >= 0.3 is 0 Å². The first kappa shape index (κ1) is 16.0. The molecule has 0 spiro atoms. The Morgan fingerprint density at radius 1 is 1.04 bits per heavy atom. The summed E-state index contributed by atoms with van der Waals surface area (Å²) in [7, 11) is 0. The third-order valence-electron chi connectivity index (χ3n) is 3.84. The Hall–Kier alpha value is -1.85.